The molecule has 2 aromatic carbocycles. The Kier molecular flexibility index (Phi) is 4.95. The minimum absolute atomic E-state index is 0.0227. The zero-order chi connectivity index (χ0) is 21.3. The van der Waals surface area contributed by atoms with Crippen molar-refractivity contribution in [3.8, 4) is 16.8 Å². The molecule has 4 rings (SSSR count). The van der Waals surface area contributed by atoms with Crippen LogP contribution in [0, 0.1) is 0 Å². The summed E-state index contributed by atoms with van der Waals surface area (Å²) in [6, 6.07) is 15.1. The SMILES string of the molecule is CN1CC=CN1c1cccc(-c2ccc(-n3cc(C(N)=O)c(NC(N)=O)n3)cc2)c1. The minimum atomic E-state index is -0.823. The fourth-order valence-electron chi connectivity index (χ4n) is 3.31. The number of carbonyl (C=O) groups is 2. The van der Waals surface area contributed by atoms with Crippen LogP contribution < -0.4 is 21.8 Å². The molecule has 0 bridgehead atoms. The number of anilines is 2. The number of primary amides is 2. The third-order valence-corrected chi connectivity index (χ3v) is 4.78. The molecule has 0 atom stereocenters. The van der Waals surface area contributed by atoms with Crippen LogP contribution in [0.3, 0.4) is 0 Å². The molecule has 1 aliphatic rings. The molecule has 0 aliphatic carbocycles. The van der Waals surface area contributed by atoms with Crippen molar-refractivity contribution in [1.82, 2.24) is 14.8 Å². The maximum Gasteiger partial charge on any atom is 0.317 e. The van der Waals surface area contributed by atoms with Gasteiger partial charge in [0.05, 0.1) is 11.4 Å². The average Bonchev–Trinajstić information content (AvgIpc) is 3.34. The number of rotatable bonds is 5. The first kappa shape index (κ1) is 19.2. The topological polar surface area (TPSA) is 123 Å². The minimum Gasteiger partial charge on any atom is -0.365 e. The van der Waals surface area contributed by atoms with E-state index in [0.29, 0.717) is 5.69 Å². The largest absolute Gasteiger partial charge is 0.365 e. The van der Waals surface area contributed by atoms with Crippen LogP contribution in [0.5, 0.6) is 0 Å². The maximum atomic E-state index is 11.6. The molecule has 0 spiro atoms. The Morgan fingerprint density at radius 1 is 1.03 bits per heavy atom. The van der Waals surface area contributed by atoms with Crippen LogP contribution in [0.2, 0.25) is 0 Å². The van der Waals surface area contributed by atoms with Crippen LogP contribution in [0.1, 0.15) is 10.4 Å². The molecule has 0 saturated heterocycles. The predicted molar refractivity (Wildman–Crippen MR) is 115 cm³/mol. The van der Waals surface area contributed by atoms with Crippen molar-refractivity contribution < 1.29 is 9.59 Å². The van der Waals surface area contributed by atoms with E-state index in [1.807, 2.05) is 49.6 Å². The predicted octanol–water partition coefficient (Wildman–Crippen LogP) is 2.31. The molecule has 0 saturated carbocycles. The summed E-state index contributed by atoms with van der Waals surface area (Å²) in [7, 11) is 2.03. The van der Waals surface area contributed by atoms with E-state index in [0.717, 1.165) is 23.4 Å². The second-order valence-electron chi connectivity index (χ2n) is 6.86. The van der Waals surface area contributed by atoms with Crippen molar-refractivity contribution >= 4 is 23.4 Å². The van der Waals surface area contributed by atoms with E-state index in [4.69, 9.17) is 11.5 Å². The van der Waals surface area contributed by atoms with E-state index in [1.165, 1.54) is 10.9 Å². The Hall–Kier alpha value is -4.11. The first-order chi connectivity index (χ1) is 14.4. The lowest BCUT2D eigenvalue weighted by Gasteiger charge is -2.25. The van der Waals surface area contributed by atoms with Crippen LogP contribution in [0.15, 0.2) is 67.0 Å². The highest BCUT2D eigenvalue weighted by Crippen LogP contribution is 2.28. The fraction of sp³-hybridized carbons (Fsp3) is 0.0952. The number of hydrazine groups is 1. The Labute approximate surface area is 173 Å². The summed E-state index contributed by atoms with van der Waals surface area (Å²) in [5.74, 6) is -0.686. The molecule has 1 aliphatic heterocycles. The second-order valence-corrected chi connectivity index (χ2v) is 6.86. The number of urea groups is 1. The number of nitrogens with two attached hydrogens (primary N) is 2. The van der Waals surface area contributed by atoms with Gasteiger partial charge >= 0.3 is 6.03 Å². The molecule has 3 amide bonds. The number of amides is 3. The first-order valence-electron chi connectivity index (χ1n) is 9.26. The highest BCUT2D eigenvalue weighted by Gasteiger charge is 2.16. The molecule has 3 aromatic rings. The normalized spacial score (nSPS) is 13.6. The van der Waals surface area contributed by atoms with Gasteiger partial charge in [-0.3, -0.25) is 15.1 Å². The van der Waals surface area contributed by atoms with Crippen LogP contribution in [-0.2, 0) is 0 Å². The molecule has 9 nitrogen and oxygen atoms in total. The van der Waals surface area contributed by atoms with Gasteiger partial charge in [0.2, 0.25) is 0 Å². The Morgan fingerprint density at radius 2 is 1.80 bits per heavy atom. The summed E-state index contributed by atoms with van der Waals surface area (Å²) < 4.78 is 1.47. The Morgan fingerprint density at radius 3 is 2.43 bits per heavy atom. The third-order valence-electron chi connectivity index (χ3n) is 4.78. The number of likely N-dealkylation sites (N-methyl/N-ethyl adjacent to an activating group) is 1. The summed E-state index contributed by atoms with van der Waals surface area (Å²) in [4.78, 5) is 22.7. The standard InChI is InChI=1S/C21H21N7O2/c1-26-10-3-11-28(26)17-5-2-4-15(12-17)14-6-8-16(9-7-14)27-13-18(19(22)29)20(25-27)24-21(23)30/h2-9,11-13H,10H2,1H3,(H2,22,29)(H3,23,24,25,30). The monoisotopic (exact) mass is 403 g/mol. The molecule has 0 radical (unpaired) electrons. The van der Waals surface area contributed by atoms with Gasteiger partial charge in [0, 0.05) is 26.0 Å². The number of hydrogen-bond donors (Lipinski definition) is 3. The molecule has 1 aromatic heterocycles. The molecule has 9 heteroatoms. The number of aromatic nitrogens is 2. The molecule has 30 heavy (non-hydrogen) atoms. The zero-order valence-corrected chi connectivity index (χ0v) is 16.3. The number of carbonyl (C=O) groups excluding carboxylic acids is 2. The molecule has 0 unspecified atom stereocenters. The van der Waals surface area contributed by atoms with Gasteiger partial charge in [-0.05, 0) is 35.4 Å². The second kappa shape index (κ2) is 7.72. The van der Waals surface area contributed by atoms with Gasteiger partial charge in [0.15, 0.2) is 5.82 Å². The van der Waals surface area contributed by atoms with Gasteiger partial charge in [-0.1, -0.05) is 30.3 Å². The number of nitrogens with one attached hydrogen (secondary N) is 1. The van der Waals surface area contributed by atoms with Gasteiger partial charge in [-0.2, -0.15) is 0 Å². The molecule has 2 heterocycles. The van der Waals surface area contributed by atoms with E-state index in [2.05, 4.69) is 38.6 Å². The van der Waals surface area contributed by atoms with Gasteiger partial charge in [-0.15, -0.1) is 5.10 Å². The van der Waals surface area contributed by atoms with Crippen molar-refractivity contribution in [3.05, 3.63) is 72.6 Å². The highest BCUT2D eigenvalue weighted by molar-refractivity contribution is 6.01. The van der Waals surface area contributed by atoms with Crippen molar-refractivity contribution in [1.29, 1.82) is 0 Å². The molecular formula is C21H21N7O2. The molecular weight excluding hydrogens is 382 g/mol. The molecule has 152 valence electrons. The van der Waals surface area contributed by atoms with E-state index in [1.54, 1.807) is 0 Å². The van der Waals surface area contributed by atoms with E-state index >= 15 is 0 Å². The van der Waals surface area contributed by atoms with E-state index in [-0.39, 0.29) is 11.4 Å². The van der Waals surface area contributed by atoms with Gasteiger partial charge in [0.25, 0.3) is 5.91 Å². The number of nitrogens with zero attached hydrogens (tertiary/aromatic N) is 4. The average molecular weight is 403 g/mol. The summed E-state index contributed by atoms with van der Waals surface area (Å²) in [6.45, 7) is 0.878. The van der Waals surface area contributed by atoms with Crippen LogP contribution in [0.4, 0.5) is 16.3 Å². The van der Waals surface area contributed by atoms with E-state index < -0.39 is 11.9 Å². The summed E-state index contributed by atoms with van der Waals surface area (Å²) in [5, 5.41) is 10.7. The summed E-state index contributed by atoms with van der Waals surface area (Å²) in [5.41, 5.74) is 14.5. The molecule has 0 fully saturated rings. The van der Waals surface area contributed by atoms with Crippen LogP contribution >= 0.6 is 0 Å². The van der Waals surface area contributed by atoms with Crippen molar-refractivity contribution in [2.45, 2.75) is 0 Å². The number of benzene rings is 2. The quantitative estimate of drug-likeness (QED) is 0.603. The lowest BCUT2D eigenvalue weighted by Crippen LogP contribution is -2.31. The van der Waals surface area contributed by atoms with Crippen molar-refractivity contribution in [2.24, 2.45) is 11.5 Å². The van der Waals surface area contributed by atoms with Crippen molar-refractivity contribution in [2.75, 3.05) is 23.9 Å². The lowest BCUT2D eigenvalue weighted by atomic mass is 10.0. The maximum absolute atomic E-state index is 11.6. The zero-order valence-electron chi connectivity index (χ0n) is 16.3. The lowest BCUT2D eigenvalue weighted by molar-refractivity contribution is 0.100. The first-order valence-corrected chi connectivity index (χ1v) is 9.26. The van der Waals surface area contributed by atoms with Gasteiger partial charge in [-0.25, -0.2) is 14.5 Å². The molecule has 5 N–H and O–H groups in total. The van der Waals surface area contributed by atoms with E-state index in [9.17, 15) is 9.59 Å². The van der Waals surface area contributed by atoms with Gasteiger partial charge in [0.1, 0.15) is 5.56 Å². The van der Waals surface area contributed by atoms with Crippen LogP contribution in [-0.4, -0.2) is 40.3 Å². The van der Waals surface area contributed by atoms with Crippen LogP contribution in [0.25, 0.3) is 16.8 Å². The smallest absolute Gasteiger partial charge is 0.317 e. The number of hydrogen-bond acceptors (Lipinski definition) is 5. The summed E-state index contributed by atoms with van der Waals surface area (Å²) in [6.07, 6.45) is 5.61. The van der Waals surface area contributed by atoms with Gasteiger partial charge < -0.3 is 11.5 Å². The van der Waals surface area contributed by atoms with Crippen molar-refractivity contribution in [3.63, 3.8) is 0 Å². The summed E-state index contributed by atoms with van der Waals surface area (Å²) >= 11 is 0. The Balaban J connectivity index is 1.62. The third kappa shape index (κ3) is 3.74. The highest BCUT2D eigenvalue weighted by atomic mass is 16.2. The Bertz CT molecular complexity index is 1130. The fourth-order valence-corrected chi connectivity index (χ4v) is 3.31.